The van der Waals surface area contributed by atoms with E-state index >= 15 is 0 Å². The Morgan fingerprint density at radius 2 is 0.619 bits per heavy atom. The highest BCUT2D eigenvalue weighted by atomic mass is 16.6. The van der Waals surface area contributed by atoms with Crippen molar-refractivity contribution < 1.29 is 28.6 Å². The summed E-state index contributed by atoms with van der Waals surface area (Å²) in [7, 11) is 0. The third-order valence-electron chi connectivity index (χ3n) is 11.5. The van der Waals surface area contributed by atoms with Crippen LogP contribution in [0.5, 0.6) is 0 Å². The van der Waals surface area contributed by atoms with Crippen LogP contribution in [0.3, 0.4) is 0 Å². The van der Waals surface area contributed by atoms with Crippen molar-refractivity contribution in [1.29, 1.82) is 0 Å². The minimum absolute atomic E-state index is 0.0774. The first-order chi connectivity index (χ1) is 31.0. The molecule has 0 heterocycles. The fourth-order valence-corrected chi connectivity index (χ4v) is 7.49. The van der Waals surface area contributed by atoms with Gasteiger partial charge in [-0.05, 0) is 83.5 Å². The van der Waals surface area contributed by atoms with Gasteiger partial charge < -0.3 is 14.2 Å². The van der Waals surface area contributed by atoms with Crippen LogP contribution in [-0.4, -0.2) is 37.2 Å². The Hall–Kier alpha value is -2.89. The van der Waals surface area contributed by atoms with E-state index in [-0.39, 0.29) is 31.1 Å². The van der Waals surface area contributed by atoms with Gasteiger partial charge in [-0.2, -0.15) is 0 Å². The van der Waals surface area contributed by atoms with E-state index in [9.17, 15) is 14.4 Å². The molecule has 0 aromatic rings. The van der Waals surface area contributed by atoms with Crippen LogP contribution < -0.4 is 0 Å². The van der Waals surface area contributed by atoms with E-state index < -0.39 is 6.10 Å². The molecule has 63 heavy (non-hydrogen) atoms. The van der Waals surface area contributed by atoms with Crippen molar-refractivity contribution >= 4 is 17.9 Å². The van der Waals surface area contributed by atoms with Crippen LogP contribution in [0.4, 0.5) is 0 Å². The quantitative estimate of drug-likeness (QED) is 0.0262. The summed E-state index contributed by atoms with van der Waals surface area (Å²) in [6.07, 6.45) is 63.9. The van der Waals surface area contributed by atoms with Gasteiger partial charge in [-0.1, -0.05) is 223 Å². The molecule has 1 unspecified atom stereocenters. The molecule has 0 bridgehead atoms. The number of esters is 3. The molecule has 0 fully saturated rings. The van der Waals surface area contributed by atoms with Gasteiger partial charge in [0.05, 0.1) is 0 Å². The van der Waals surface area contributed by atoms with E-state index in [0.717, 1.165) is 96.3 Å². The van der Waals surface area contributed by atoms with Crippen LogP contribution in [0.2, 0.25) is 0 Å². The second-order valence-corrected chi connectivity index (χ2v) is 17.8. The molecule has 0 aliphatic rings. The molecule has 1 atom stereocenters. The number of hydrogen-bond donors (Lipinski definition) is 0. The van der Waals surface area contributed by atoms with E-state index in [1.165, 1.54) is 128 Å². The van der Waals surface area contributed by atoms with E-state index in [4.69, 9.17) is 14.2 Å². The molecule has 0 spiro atoms. The smallest absolute Gasteiger partial charge is 0.306 e. The molecule has 0 N–H and O–H groups in total. The molecule has 0 radical (unpaired) electrons. The highest BCUT2D eigenvalue weighted by Crippen LogP contribution is 2.15. The van der Waals surface area contributed by atoms with Crippen molar-refractivity contribution in [2.75, 3.05) is 13.2 Å². The maximum absolute atomic E-state index is 12.7. The Balaban J connectivity index is 4.08. The van der Waals surface area contributed by atoms with Gasteiger partial charge in [0.25, 0.3) is 0 Å². The van der Waals surface area contributed by atoms with Gasteiger partial charge in [0.1, 0.15) is 13.2 Å². The van der Waals surface area contributed by atoms with E-state index in [0.29, 0.717) is 19.3 Å². The number of rotatable bonds is 48. The third-order valence-corrected chi connectivity index (χ3v) is 11.5. The van der Waals surface area contributed by atoms with Crippen LogP contribution >= 0.6 is 0 Å². The van der Waals surface area contributed by atoms with E-state index in [1.54, 1.807) is 0 Å². The minimum Gasteiger partial charge on any atom is -0.462 e. The van der Waals surface area contributed by atoms with Gasteiger partial charge in [0.2, 0.25) is 0 Å². The summed E-state index contributed by atoms with van der Waals surface area (Å²) in [4.78, 5) is 37.7. The Morgan fingerprint density at radius 1 is 0.333 bits per heavy atom. The second-order valence-electron chi connectivity index (χ2n) is 17.8. The number of unbranched alkanes of at least 4 members (excludes halogenated alkanes) is 27. The monoisotopic (exact) mass is 881 g/mol. The van der Waals surface area contributed by atoms with Crippen LogP contribution in [0.15, 0.2) is 60.8 Å². The summed E-state index contributed by atoms with van der Waals surface area (Å²) in [5.74, 6) is -0.896. The van der Waals surface area contributed by atoms with Gasteiger partial charge in [-0.15, -0.1) is 0 Å². The molecular formula is C57H100O6. The zero-order valence-corrected chi connectivity index (χ0v) is 41.6. The topological polar surface area (TPSA) is 78.9 Å². The summed E-state index contributed by atoms with van der Waals surface area (Å²) in [5.41, 5.74) is 0. The molecule has 364 valence electrons. The molecule has 6 nitrogen and oxygen atoms in total. The zero-order chi connectivity index (χ0) is 45.8. The Labute approximate surface area is 390 Å². The van der Waals surface area contributed by atoms with Crippen molar-refractivity contribution in [2.45, 2.75) is 271 Å². The SMILES string of the molecule is CC/C=C\C/C=C\C/C=C\C/C=C\CCCCCCCCCCCCCCC(=O)OCC(COC(=O)CCCCCCC)OC(=O)CCCCCCC/C=C\CCCCCCCC. The Bertz CT molecular complexity index is 1150. The molecule has 0 aliphatic heterocycles. The lowest BCUT2D eigenvalue weighted by Gasteiger charge is -2.18. The first-order valence-electron chi connectivity index (χ1n) is 26.8. The van der Waals surface area contributed by atoms with Gasteiger partial charge in [0, 0.05) is 19.3 Å². The van der Waals surface area contributed by atoms with Crippen LogP contribution in [0.1, 0.15) is 265 Å². The van der Waals surface area contributed by atoms with Crippen LogP contribution in [0, 0.1) is 0 Å². The summed E-state index contributed by atoms with van der Waals surface area (Å²) in [6.45, 7) is 6.44. The second kappa shape index (κ2) is 51.7. The zero-order valence-electron chi connectivity index (χ0n) is 41.6. The van der Waals surface area contributed by atoms with Gasteiger partial charge in [0.15, 0.2) is 6.10 Å². The summed E-state index contributed by atoms with van der Waals surface area (Å²) in [5, 5.41) is 0. The molecule has 0 saturated carbocycles. The van der Waals surface area contributed by atoms with E-state index in [1.807, 2.05) is 0 Å². The maximum atomic E-state index is 12.7. The Morgan fingerprint density at radius 3 is 0.984 bits per heavy atom. The minimum atomic E-state index is -0.773. The van der Waals surface area contributed by atoms with Crippen LogP contribution in [-0.2, 0) is 28.6 Å². The fourth-order valence-electron chi connectivity index (χ4n) is 7.49. The fraction of sp³-hybridized carbons (Fsp3) is 0.772. The van der Waals surface area contributed by atoms with Gasteiger partial charge >= 0.3 is 17.9 Å². The average molecular weight is 881 g/mol. The third kappa shape index (κ3) is 50.0. The van der Waals surface area contributed by atoms with Crippen molar-refractivity contribution in [3.8, 4) is 0 Å². The van der Waals surface area contributed by atoms with Crippen LogP contribution in [0.25, 0.3) is 0 Å². The number of hydrogen-bond acceptors (Lipinski definition) is 6. The summed E-state index contributed by atoms with van der Waals surface area (Å²) in [6, 6.07) is 0. The predicted molar refractivity (Wildman–Crippen MR) is 270 cm³/mol. The number of allylic oxidation sites excluding steroid dienone is 10. The number of ether oxygens (including phenoxy) is 3. The maximum Gasteiger partial charge on any atom is 0.306 e. The highest BCUT2D eigenvalue weighted by Gasteiger charge is 2.19. The summed E-state index contributed by atoms with van der Waals surface area (Å²) >= 11 is 0. The van der Waals surface area contributed by atoms with Gasteiger partial charge in [-0.25, -0.2) is 0 Å². The first-order valence-corrected chi connectivity index (χ1v) is 26.8. The molecular weight excluding hydrogens is 781 g/mol. The van der Waals surface area contributed by atoms with Gasteiger partial charge in [-0.3, -0.25) is 14.4 Å². The standard InChI is InChI=1S/C57H100O6/c1-4-7-10-13-15-17-19-21-23-24-25-26-27-28-29-30-31-32-34-35-37-39-41-44-47-50-56(59)62-53-54(52-61-55(58)49-46-43-12-9-6-3)63-57(60)51-48-45-42-40-38-36-33-22-20-18-16-14-11-8-5-2/h7,10,15,17,21-23,25-26,33,54H,4-6,8-9,11-14,16,18-20,24,27-32,34-53H2,1-3H3/b10-7-,17-15-,23-21-,26-25-,33-22-. The lowest BCUT2D eigenvalue weighted by atomic mass is 10.0. The first kappa shape index (κ1) is 60.1. The molecule has 0 rings (SSSR count). The van der Waals surface area contributed by atoms with Crippen molar-refractivity contribution in [2.24, 2.45) is 0 Å². The van der Waals surface area contributed by atoms with Crippen molar-refractivity contribution in [1.82, 2.24) is 0 Å². The molecule has 0 aromatic heterocycles. The predicted octanol–water partition coefficient (Wildman–Crippen LogP) is 17.6. The molecule has 0 amide bonds. The van der Waals surface area contributed by atoms with E-state index in [2.05, 4.69) is 81.5 Å². The lowest BCUT2D eigenvalue weighted by Crippen LogP contribution is -2.30. The summed E-state index contributed by atoms with van der Waals surface area (Å²) < 4.78 is 16.7. The largest absolute Gasteiger partial charge is 0.462 e. The van der Waals surface area contributed by atoms with Crippen molar-refractivity contribution in [3.63, 3.8) is 0 Å². The van der Waals surface area contributed by atoms with Crippen molar-refractivity contribution in [3.05, 3.63) is 60.8 Å². The average Bonchev–Trinajstić information content (AvgIpc) is 3.28. The molecule has 6 heteroatoms. The number of carbonyl (C=O) groups is 3. The Kier molecular flexibility index (Phi) is 49.4. The lowest BCUT2D eigenvalue weighted by molar-refractivity contribution is -0.167. The molecule has 0 saturated heterocycles. The number of carbonyl (C=O) groups excluding carboxylic acids is 3. The molecule has 0 aliphatic carbocycles. The highest BCUT2D eigenvalue weighted by molar-refractivity contribution is 5.71. The molecule has 0 aromatic carbocycles. The normalized spacial score (nSPS) is 12.5.